The van der Waals surface area contributed by atoms with Gasteiger partial charge in [0.2, 0.25) is 0 Å². The average Bonchev–Trinajstić information content (AvgIpc) is 2.89. The maximum atomic E-state index is 4.76. The van der Waals surface area contributed by atoms with Crippen molar-refractivity contribution in [1.82, 2.24) is 29.4 Å². The molecule has 0 saturated carbocycles. The van der Waals surface area contributed by atoms with Crippen molar-refractivity contribution in [1.29, 1.82) is 0 Å². The molecule has 0 atom stereocenters. The van der Waals surface area contributed by atoms with E-state index in [1.54, 1.807) is 6.20 Å². The Bertz CT molecular complexity index is 900. The summed E-state index contributed by atoms with van der Waals surface area (Å²) in [6.07, 6.45) is 6.47. The molecule has 1 aliphatic rings. The predicted molar refractivity (Wildman–Crippen MR) is 95.8 cm³/mol. The molecule has 6 nitrogen and oxygen atoms in total. The Morgan fingerprint density at radius 3 is 2.76 bits per heavy atom. The van der Waals surface area contributed by atoms with E-state index in [9.17, 15) is 0 Å². The zero-order valence-electron chi connectivity index (χ0n) is 14.9. The lowest BCUT2D eigenvalue weighted by atomic mass is 10.1. The van der Waals surface area contributed by atoms with Crippen LogP contribution in [0.1, 0.15) is 28.5 Å². The number of fused-ring (bicyclic) bond motifs is 1. The maximum Gasteiger partial charge on any atom is 0.160 e. The van der Waals surface area contributed by atoms with Crippen molar-refractivity contribution in [2.24, 2.45) is 7.05 Å². The SMILES string of the molecule is Cc1nc(CN2CCc3nc(-c4cccnc4)ncc3C2)n(C)c1C. The van der Waals surface area contributed by atoms with Crippen molar-refractivity contribution in [2.45, 2.75) is 33.4 Å². The molecule has 6 heteroatoms. The lowest BCUT2D eigenvalue weighted by Crippen LogP contribution is -2.31. The first-order valence-corrected chi connectivity index (χ1v) is 8.58. The largest absolute Gasteiger partial charge is 0.334 e. The molecule has 4 rings (SSSR count). The first-order chi connectivity index (χ1) is 12.1. The summed E-state index contributed by atoms with van der Waals surface area (Å²) < 4.78 is 2.19. The average molecular weight is 334 g/mol. The van der Waals surface area contributed by atoms with E-state index in [0.29, 0.717) is 0 Å². The van der Waals surface area contributed by atoms with Gasteiger partial charge in [-0.05, 0) is 26.0 Å². The number of aryl methyl sites for hydroxylation is 1. The molecule has 4 heterocycles. The van der Waals surface area contributed by atoms with Gasteiger partial charge >= 0.3 is 0 Å². The number of pyridine rings is 1. The molecule has 0 saturated heterocycles. The molecule has 3 aromatic rings. The van der Waals surface area contributed by atoms with Gasteiger partial charge in [0.25, 0.3) is 0 Å². The second-order valence-electron chi connectivity index (χ2n) is 6.63. The highest BCUT2D eigenvalue weighted by Gasteiger charge is 2.20. The van der Waals surface area contributed by atoms with E-state index in [4.69, 9.17) is 9.97 Å². The Morgan fingerprint density at radius 1 is 1.16 bits per heavy atom. The van der Waals surface area contributed by atoms with Crippen LogP contribution < -0.4 is 0 Å². The predicted octanol–water partition coefficient (Wildman–Crippen LogP) is 2.45. The summed E-state index contributed by atoms with van der Waals surface area (Å²) >= 11 is 0. The minimum absolute atomic E-state index is 0.760. The summed E-state index contributed by atoms with van der Waals surface area (Å²) in [6, 6.07) is 3.91. The normalized spacial score (nSPS) is 14.5. The van der Waals surface area contributed by atoms with Crippen LogP contribution >= 0.6 is 0 Å². The van der Waals surface area contributed by atoms with Crippen molar-refractivity contribution in [3.63, 3.8) is 0 Å². The molecule has 0 amide bonds. The Balaban J connectivity index is 1.53. The van der Waals surface area contributed by atoms with E-state index in [2.05, 4.69) is 40.3 Å². The van der Waals surface area contributed by atoms with Crippen LogP contribution in [0.5, 0.6) is 0 Å². The molecule has 0 radical (unpaired) electrons. The molecule has 25 heavy (non-hydrogen) atoms. The lowest BCUT2D eigenvalue weighted by Gasteiger charge is -2.27. The molecule has 1 aliphatic heterocycles. The lowest BCUT2D eigenvalue weighted by molar-refractivity contribution is 0.234. The van der Waals surface area contributed by atoms with Crippen molar-refractivity contribution < 1.29 is 0 Å². The highest BCUT2D eigenvalue weighted by molar-refractivity contribution is 5.53. The molecule has 0 spiro atoms. The van der Waals surface area contributed by atoms with Crippen LogP contribution in [0, 0.1) is 13.8 Å². The Hall–Kier alpha value is -2.60. The second-order valence-corrected chi connectivity index (χ2v) is 6.63. The van der Waals surface area contributed by atoms with Gasteiger partial charge in [0, 0.05) is 62.0 Å². The minimum atomic E-state index is 0.760. The quantitative estimate of drug-likeness (QED) is 0.736. The van der Waals surface area contributed by atoms with Crippen LogP contribution in [0.4, 0.5) is 0 Å². The van der Waals surface area contributed by atoms with Gasteiger partial charge in [-0.15, -0.1) is 0 Å². The van der Waals surface area contributed by atoms with E-state index >= 15 is 0 Å². The van der Waals surface area contributed by atoms with Crippen LogP contribution in [0.25, 0.3) is 11.4 Å². The van der Waals surface area contributed by atoms with Crippen LogP contribution in [-0.4, -0.2) is 35.9 Å². The van der Waals surface area contributed by atoms with Gasteiger partial charge in [-0.1, -0.05) is 0 Å². The Labute approximate surface area is 147 Å². The number of aromatic nitrogens is 5. The smallest absolute Gasteiger partial charge is 0.160 e. The van der Waals surface area contributed by atoms with E-state index in [1.807, 2.05) is 24.5 Å². The summed E-state index contributed by atoms with van der Waals surface area (Å²) in [6.45, 7) is 6.90. The summed E-state index contributed by atoms with van der Waals surface area (Å²) in [5.74, 6) is 1.88. The van der Waals surface area contributed by atoms with E-state index in [1.165, 1.54) is 11.3 Å². The van der Waals surface area contributed by atoms with Crippen LogP contribution in [0.15, 0.2) is 30.7 Å². The van der Waals surface area contributed by atoms with E-state index in [-0.39, 0.29) is 0 Å². The maximum absolute atomic E-state index is 4.76. The summed E-state index contributed by atoms with van der Waals surface area (Å²) in [7, 11) is 2.09. The van der Waals surface area contributed by atoms with Gasteiger partial charge in [-0.25, -0.2) is 15.0 Å². The number of hydrogen-bond acceptors (Lipinski definition) is 5. The standard InChI is InChI=1S/C19H22N6/c1-13-14(2)24(3)18(22-13)12-25-8-6-17-16(11-25)10-21-19(23-17)15-5-4-7-20-9-15/h4-5,7,9-10H,6,8,11-12H2,1-3H3. The molecular formula is C19H22N6. The number of imidazole rings is 1. The van der Waals surface area contributed by atoms with Gasteiger partial charge in [0.1, 0.15) is 5.82 Å². The van der Waals surface area contributed by atoms with E-state index in [0.717, 1.165) is 54.7 Å². The molecule has 0 aromatic carbocycles. The van der Waals surface area contributed by atoms with Gasteiger partial charge in [-0.2, -0.15) is 0 Å². The number of rotatable bonds is 3. The summed E-state index contributed by atoms with van der Waals surface area (Å²) in [5.41, 5.74) is 5.67. The third-order valence-electron chi connectivity index (χ3n) is 5.01. The number of nitrogens with zero attached hydrogens (tertiary/aromatic N) is 6. The van der Waals surface area contributed by atoms with Crippen molar-refractivity contribution in [3.05, 3.63) is 59.2 Å². The summed E-state index contributed by atoms with van der Waals surface area (Å²) in [4.78, 5) is 20.6. The van der Waals surface area contributed by atoms with Gasteiger partial charge in [0.05, 0.1) is 17.9 Å². The Morgan fingerprint density at radius 2 is 2.04 bits per heavy atom. The fraction of sp³-hybridized carbons (Fsp3) is 0.368. The molecular weight excluding hydrogens is 312 g/mol. The van der Waals surface area contributed by atoms with Gasteiger partial charge < -0.3 is 4.57 Å². The molecule has 0 unspecified atom stereocenters. The number of hydrogen-bond donors (Lipinski definition) is 0. The van der Waals surface area contributed by atoms with Gasteiger partial charge in [-0.3, -0.25) is 9.88 Å². The minimum Gasteiger partial charge on any atom is -0.334 e. The fourth-order valence-electron chi connectivity index (χ4n) is 3.27. The molecule has 0 N–H and O–H groups in total. The van der Waals surface area contributed by atoms with Crippen LogP contribution in [0.3, 0.4) is 0 Å². The molecule has 3 aromatic heterocycles. The second kappa shape index (κ2) is 6.37. The molecule has 0 aliphatic carbocycles. The summed E-state index contributed by atoms with van der Waals surface area (Å²) in [5, 5.41) is 0. The van der Waals surface area contributed by atoms with Crippen LogP contribution in [0.2, 0.25) is 0 Å². The topological polar surface area (TPSA) is 59.7 Å². The highest BCUT2D eigenvalue weighted by Crippen LogP contribution is 2.22. The fourth-order valence-corrected chi connectivity index (χ4v) is 3.27. The first kappa shape index (κ1) is 15.9. The zero-order valence-corrected chi connectivity index (χ0v) is 14.9. The van der Waals surface area contributed by atoms with Crippen molar-refractivity contribution in [2.75, 3.05) is 6.54 Å². The zero-order chi connectivity index (χ0) is 17.4. The Kier molecular flexibility index (Phi) is 4.05. The van der Waals surface area contributed by atoms with E-state index < -0.39 is 0 Å². The van der Waals surface area contributed by atoms with Crippen molar-refractivity contribution in [3.8, 4) is 11.4 Å². The molecule has 128 valence electrons. The van der Waals surface area contributed by atoms with Gasteiger partial charge in [0.15, 0.2) is 5.82 Å². The highest BCUT2D eigenvalue weighted by atomic mass is 15.2. The first-order valence-electron chi connectivity index (χ1n) is 8.58. The molecule has 0 bridgehead atoms. The van der Waals surface area contributed by atoms with Crippen LogP contribution in [-0.2, 0) is 26.6 Å². The van der Waals surface area contributed by atoms with Crippen molar-refractivity contribution >= 4 is 0 Å². The molecule has 0 fully saturated rings. The third-order valence-corrected chi connectivity index (χ3v) is 5.01. The third kappa shape index (κ3) is 3.05. The monoisotopic (exact) mass is 334 g/mol.